The molecule has 7 heteroatoms. The number of fused-ring (bicyclic) bond motifs is 1. The Balaban J connectivity index is 2.02. The molecule has 0 spiro atoms. The van der Waals surface area contributed by atoms with E-state index >= 15 is 0 Å². The first-order chi connectivity index (χ1) is 9.56. The maximum Gasteiger partial charge on any atom is 0.433 e. The van der Waals surface area contributed by atoms with Crippen LogP contribution in [-0.2, 0) is 6.42 Å². The number of hydrogen-bond donors (Lipinski definition) is 0. The van der Waals surface area contributed by atoms with E-state index in [1.54, 1.807) is 6.07 Å². The number of benzene rings is 1. The average Bonchev–Trinajstić information content (AvgIpc) is 3.05. The lowest BCUT2D eigenvalue weighted by molar-refractivity contribution is -0.402. The molecule has 5 nitrogen and oxygen atoms in total. The molecule has 2 heterocycles. The Morgan fingerprint density at radius 1 is 1.35 bits per heavy atom. The number of rotatable bonds is 3. The summed E-state index contributed by atoms with van der Waals surface area (Å²) in [5.41, 5.74) is 2.02. The molecule has 0 aliphatic carbocycles. The molecule has 20 heavy (non-hydrogen) atoms. The highest BCUT2D eigenvalue weighted by atomic mass is 79.9. The third-order valence-corrected chi connectivity index (χ3v) is 4.49. The van der Waals surface area contributed by atoms with E-state index in [-0.39, 0.29) is 10.7 Å². The number of halogens is 2. The van der Waals surface area contributed by atoms with E-state index in [1.165, 1.54) is 6.07 Å². The minimum absolute atomic E-state index is 0.267. The summed E-state index contributed by atoms with van der Waals surface area (Å²) in [5, 5.41) is 10.7. The Morgan fingerprint density at radius 3 is 2.85 bits per heavy atom. The zero-order valence-electron chi connectivity index (χ0n) is 10.1. The van der Waals surface area contributed by atoms with E-state index in [4.69, 9.17) is 9.15 Å². The van der Waals surface area contributed by atoms with Gasteiger partial charge in [-0.1, -0.05) is 31.9 Å². The van der Waals surface area contributed by atoms with Gasteiger partial charge in [-0.2, -0.15) is 0 Å². The van der Waals surface area contributed by atoms with Crippen LogP contribution in [0.4, 0.5) is 5.88 Å². The van der Waals surface area contributed by atoms with Crippen LogP contribution in [0.1, 0.15) is 21.7 Å². The van der Waals surface area contributed by atoms with Gasteiger partial charge < -0.3 is 9.15 Å². The van der Waals surface area contributed by atoms with Crippen LogP contribution in [0.5, 0.6) is 5.75 Å². The summed E-state index contributed by atoms with van der Waals surface area (Å²) in [6, 6.07) is 6.90. The number of ether oxygens (including phenoxy) is 1. The first kappa shape index (κ1) is 13.6. The second-order valence-electron chi connectivity index (χ2n) is 4.38. The molecule has 0 fully saturated rings. The zero-order valence-corrected chi connectivity index (χ0v) is 13.3. The van der Waals surface area contributed by atoms with Crippen LogP contribution in [0.2, 0.25) is 0 Å². The standard InChI is InChI=1S/C13H9Br2NO4/c14-8-5-7-3-4-19-13(7)9(6-8)12(15)10-1-2-11(20-10)16(17)18/h1-2,5-6,12H,3-4H2. The number of alkyl halides is 1. The van der Waals surface area contributed by atoms with Crippen LogP contribution in [0.3, 0.4) is 0 Å². The molecular formula is C13H9Br2NO4. The van der Waals surface area contributed by atoms with Gasteiger partial charge in [0, 0.05) is 16.5 Å². The summed E-state index contributed by atoms with van der Waals surface area (Å²) in [6.45, 7) is 0.650. The Kier molecular flexibility index (Phi) is 3.55. The van der Waals surface area contributed by atoms with Crippen LogP contribution in [0, 0.1) is 10.1 Å². The predicted octanol–water partition coefficient (Wildman–Crippen LogP) is 4.37. The lowest BCUT2D eigenvalue weighted by Crippen LogP contribution is -1.96. The van der Waals surface area contributed by atoms with Crippen molar-refractivity contribution in [3.8, 4) is 5.75 Å². The van der Waals surface area contributed by atoms with E-state index in [9.17, 15) is 10.1 Å². The van der Waals surface area contributed by atoms with Crippen LogP contribution < -0.4 is 4.74 Å². The fraction of sp³-hybridized carbons (Fsp3) is 0.231. The first-order valence-corrected chi connectivity index (χ1v) is 7.60. The Morgan fingerprint density at radius 2 is 2.15 bits per heavy atom. The fourth-order valence-corrected chi connectivity index (χ4v) is 3.33. The highest BCUT2D eigenvalue weighted by Gasteiger charge is 2.26. The highest BCUT2D eigenvalue weighted by Crippen LogP contribution is 2.43. The topological polar surface area (TPSA) is 65.5 Å². The maximum absolute atomic E-state index is 10.7. The molecule has 1 aromatic heterocycles. The van der Waals surface area contributed by atoms with Gasteiger partial charge in [-0.25, -0.2) is 0 Å². The monoisotopic (exact) mass is 401 g/mol. The van der Waals surface area contributed by atoms with E-state index in [2.05, 4.69) is 31.9 Å². The number of nitro groups is 1. The van der Waals surface area contributed by atoms with Crippen molar-refractivity contribution in [2.24, 2.45) is 0 Å². The quantitative estimate of drug-likeness (QED) is 0.434. The minimum Gasteiger partial charge on any atom is -0.493 e. The molecule has 104 valence electrons. The fourth-order valence-electron chi connectivity index (χ4n) is 2.22. The smallest absolute Gasteiger partial charge is 0.433 e. The molecule has 3 rings (SSSR count). The molecule has 0 saturated heterocycles. The summed E-state index contributed by atoms with van der Waals surface area (Å²) in [4.78, 5) is 9.84. The van der Waals surface area contributed by atoms with Crippen molar-refractivity contribution in [1.82, 2.24) is 0 Å². The molecule has 1 atom stereocenters. The maximum atomic E-state index is 10.7. The lowest BCUT2D eigenvalue weighted by Gasteiger charge is -2.12. The number of nitrogens with zero attached hydrogens (tertiary/aromatic N) is 1. The predicted molar refractivity (Wildman–Crippen MR) is 79.5 cm³/mol. The Hall–Kier alpha value is -1.34. The lowest BCUT2D eigenvalue weighted by atomic mass is 10.0. The number of hydrogen-bond acceptors (Lipinski definition) is 4. The van der Waals surface area contributed by atoms with Crippen molar-refractivity contribution in [1.29, 1.82) is 0 Å². The van der Waals surface area contributed by atoms with Crippen LogP contribution in [0.15, 0.2) is 33.2 Å². The molecule has 0 amide bonds. The molecule has 1 aliphatic heterocycles. The van der Waals surface area contributed by atoms with Crippen molar-refractivity contribution < 1.29 is 14.1 Å². The van der Waals surface area contributed by atoms with Gasteiger partial charge in [0.05, 0.1) is 12.7 Å². The second-order valence-corrected chi connectivity index (χ2v) is 6.21. The van der Waals surface area contributed by atoms with Gasteiger partial charge in [-0.15, -0.1) is 0 Å². The van der Waals surface area contributed by atoms with E-state index in [1.807, 2.05) is 12.1 Å². The molecule has 1 aromatic carbocycles. The van der Waals surface area contributed by atoms with Gasteiger partial charge in [-0.05, 0) is 23.8 Å². The third kappa shape index (κ3) is 2.35. The summed E-state index contributed by atoms with van der Waals surface area (Å²) in [6.07, 6.45) is 0.861. The third-order valence-electron chi connectivity index (χ3n) is 3.09. The summed E-state index contributed by atoms with van der Waals surface area (Å²) in [5.74, 6) is 1.04. The van der Waals surface area contributed by atoms with Gasteiger partial charge in [0.1, 0.15) is 21.3 Å². The van der Waals surface area contributed by atoms with Gasteiger partial charge in [0.2, 0.25) is 0 Å². The largest absolute Gasteiger partial charge is 0.493 e. The molecule has 0 radical (unpaired) electrons. The van der Waals surface area contributed by atoms with Crippen molar-refractivity contribution in [3.05, 3.63) is 55.7 Å². The summed E-state index contributed by atoms with van der Waals surface area (Å²) in [7, 11) is 0. The van der Waals surface area contributed by atoms with Crippen molar-refractivity contribution in [2.45, 2.75) is 11.2 Å². The SMILES string of the molecule is O=[N+]([O-])c1ccc(C(Br)c2cc(Br)cc3c2OCC3)o1. The van der Waals surface area contributed by atoms with Crippen LogP contribution in [0.25, 0.3) is 0 Å². The first-order valence-electron chi connectivity index (χ1n) is 5.89. The molecule has 1 unspecified atom stereocenters. The minimum atomic E-state index is -0.551. The van der Waals surface area contributed by atoms with E-state index < -0.39 is 4.92 Å². The van der Waals surface area contributed by atoms with Gasteiger partial charge in [0.15, 0.2) is 0 Å². The van der Waals surface area contributed by atoms with Crippen LogP contribution in [-0.4, -0.2) is 11.5 Å². The van der Waals surface area contributed by atoms with E-state index in [0.717, 1.165) is 27.8 Å². The second kappa shape index (κ2) is 5.21. The van der Waals surface area contributed by atoms with Gasteiger partial charge in [0.25, 0.3) is 0 Å². The zero-order chi connectivity index (χ0) is 14.3. The molecular weight excluding hydrogens is 394 g/mol. The summed E-state index contributed by atoms with van der Waals surface area (Å²) >= 11 is 7.00. The van der Waals surface area contributed by atoms with Crippen molar-refractivity contribution >= 4 is 37.7 Å². The highest BCUT2D eigenvalue weighted by molar-refractivity contribution is 9.10. The van der Waals surface area contributed by atoms with Gasteiger partial charge >= 0.3 is 5.88 Å². The van der Waals surface area contributed by atoms with Gasteiger partial charge in [-0.3, -0.25) is 10.1 Å². The van der Waals surface area contributed by atoms with Crippen molar-refractivity contribution in [2.75, 3.05) is 6.61 Å². The van der Waals surface area contributed by atoms with Crippen LogP contribution >= 0.6 is 31.9 Å². The molecule has 0 bridgehead atoms. The normalized spacial score (nSPS) is 14.7. The molecule has 0 N–H and O–H groups in total. The Bertz CT molecular complexity index is 683. The van der Waals surface area contributed by atoms with Crippen molar-refractivity contribution in [3.63, 3.8) is 0 Å². The molecule has 1 aliphatic rings. The molecule has 2 aromatic rings. The molecule has 0 saturated carbocycles. The Labute approximate surface area is 131 Å². The average molecular weight is 403 g/mol. The number of furan rings is 1. The van der Waals surface area contributed by atoms with E-state index in [0.29, 0.717) is 12.4 Å². The summed E-state index contributed by atoms with van der Waals surface area (Å²) < 4.78 is 11.8.